The third-order valence-corrected chi connectivity index (χ3v) is 3.44. The smallest absolute Gasteiger partial charge is 0.408 e. The summed E-state index contributed by atoms with van der Waals surface area (Å²) in [4.78, 5) is 25.9. The van der Waals surface area contributed by atoms with E-state index in [1.54, 1.807) is 24.3 Å². The van der Waals surface area contributed by atoms with Gasteiger partial charge >= 0.3 is 5.76 Å². The zero-order chi connectivity index (χ0) is 13.4. The van der Waals surface area contributed by atoms with E-state index >= 15 is 0 Å². The fourth-order valence-corrected chi connectivity index (χ4v) is 2.43. The summed E-state index contributed by atoms with van der Waals surface area (Å²) < 4.78 is 5.95. The minimum absolute atomic E-state index is 0.0933. The number of ketones is 1. The highest BCUT2D eigenvalue weighted by atomic mass is 127. The Hall–Kier alpha value is -1.89. The first kappa shape index (κ1) is 12.2. The van der Waals surface area contributed by atoms with Gasteiger partial charge in [-0.1, -0.05) is 12.1 Å². The zero-order valence-electron chi connectivity index (χ0n) is 9.64. The molecule has 3 rings (SSSR count). The van der Waals surface area contributed by atoms with E-state index in [0.29, 0.717) is 22.2 Å². The van der Waals surface area contributed by atoms with Gasteiger partial charge in [0, 0.05) is 14.7 Å². The molecule has 0 fully saturated rings. The number of rotatable bonds is 2. The van der Waals surface area contributed by atoms with E-state index in [0.717, 1.165) is 3.57 Å². The Balaban J connectivity index is 2.08. The summed E-state index contributed by atoms with van der Waals surface area (Å²) in [5, 5.41) is 0. The summed E-state index contributed by atoms with van der Waals surface area (Å²) in [5.41, 5.74) is 2.09. The average Bonchev–Trinajstić information content (AvgIpc) is 2.76. The molecule has 0 aliphatic carbocycles. The Kier molecular flexibility index (Phi) is 2.98. The number of oxazole rings is 1. The van der Waals surface area contributed by atoms with E-state index in [2.05, 4.69) is 27.6 Å². The van der Waals surface area contributed by atoms with Gasteiger partial charge in [0.05, 0.1) is 5.52 Å². The number of H-pyrrole nitrogens is 1. The molecule has 0 unspecified atom stereocenters. The van der Waals surface area contributed by atoms with Gasteiger partial charge in [-0.15, -0.1) is 0 Å². The Labute approximate surface area is 121 Å². The lowest BCUT2D eigenvalue weighted by molar-refractivity contribution is 0.103. The summed E-state index contributed by atoms with van der Waals surface area (Å²) >= 11 is 2.16. The maximum Gasteiger partial charge on any atom is 0.417 e. The summed E-state index contributed by atoms with van der Waals surface area (Å²) in [7, 11) is 0. The van der Waals surface area contributed by atoms with E-state index in [9.17, 15) is 9.59 Å². The average molecular weight is 365 g/mol. The summed E-state index contributed by atoms with van der Waals surface area (Å²) in [5.74, 6) is -0.613. The maximum atomic E-state index is 12.3. The van der Waals surface area contributed by atoms with Gasteiger partial charge in [-0.25, -0.2) is 4.79 Å². The van der Waals surface area contributed by atoms with Crippen LogP contribution in [0.25, 0.3) is 11.1 Å². The van der Waals surface area contributed by atoms with E-state index in [1.807, 2.05) is 18.2 Å². The SMILES string of the molecule is O=C(c1cccc(I)c1)c1ccc2[nH]c(=O)oc2c1. The van der Waals surface area contributed by atoms with Crippen LogP contribution in [0.1, 0.15) is 15.9 Å². The number of benzene rings is 2. The zero-order valence-corrected chi connectivity index (χ0v) is 11.8. The van der Waals surface area contributed by atoms with Crippen LogP contribution >= 0.6 is 22.6 Å². The Morgan fingerprint density at radius 3 is 2.68 bits per heavy atom. The van der Waals surface area contributed by atoms with Crippen molar-refractivity contribution in [2.75, 3.05) is 0 Å². The third kappa shape index (κ3) is 2.33. The molecule has 1 aromatic heterocycles. The molecule has 1 heterocycles. The highest BCUT2D eigenvalue weighted by Gasteiger charge is 2.11. The lowest BCUT2D eigenvalue weighted by Gasteiger charge is -2.01. The molecule has 3 aromatic rings. The highest BCUT2D eigenvalue weighted by Crippen LogP contribution is 2.17. The number of carbonyl (C=O) groups is 1. The van der Waals surface area contributed by atoms with Crippen molar-refractivity contribution in [2.45, 2.75) is 0 Å². The van der Waals surface area contributed by atoms with E-state index < -0.39 is 5.76 Å². The number of hydrogen-bond acceptors (Lipinski definition) is 3. The molecule has 5 heteroatoms. The number of hydrogen-bond donors (Lipinski definition) is 1. The van der Waals surface area contributed by atoms with Crippen molar-refractivity contribution in [3.63, 3.8) is 0 Å². The van der Waals surface area contributed by atoms with Crippen molar-refractivity contribution < 1.29 is 9.21 Å². The van der Waals surface area contributed by atoms with Gasteiger partial charge in [0.15, 0.2) is 11.4 Å². The molecular formula is C14H8INO3. The molecule has 0 bridgehead atoms. The van der Waals surface area contributed by atoms with E-state index in [1.165, 1.54) is 0 Å². The largest absolute Gasteiger partial charge is 0.417 e. The molecule has 4 nitrogen and oxygen atoms in total. The minimum atomic E-state index is -0.520. The van der Waals surface area contributed by atoms with Crippen LogP contribution < -0.4 is 5.76 Å². The molecular weight excluding hydrogens is 357 g/mol. The van der Waals surface area contributed by atoms with Crippen LogP contribution in [0, 0.1) is 3.57 Å². The van der Waals surface area contributed by atoms with Crippen LogP contribution in [0.2, 0.25) is 0 Å². The first-order chi connectivity index (χ1) is 9.13. The van der Waals surface area contributed by atoms with E-state index in [4.69, 9.17) is 4.42 Å². The van der Waals surface area contributed by atoms with Crippen LogP contribution in [0.15, 0.2) is 51.7 Å². The fourth-order valence-electron chi connectivity index (χ4n) is 1.88. The Bertz CT molecular complexity index is 832. The van der Waals surface area contributed by atoms with Gasteiger partial charge in [0.1, 0.15) is 0 Å². The predicted octanol–water partition coefficient (Wildman–Crippen LogP) is 2.96. The van der Waals surface area contributed by atoms with Crippen molar-refractivity contribution in [1.29, 1.82) is 0 Å². The molecule has 0 spiro atoms. The van der Waals surface area contributed by atoms with Crippen molar-refractivity contribution >= 4 is 39.5 Å². The second-order valence-corrected chi connectivity index (χ2v) is 5.31. The summed E-state index contributed by atoms with van der Waals surface area (Å²) in [6, 6.07) is 12.3. The molecule has 0 saturated carbocycles. The van der Waals surface area contributed by atoms with Crippen molar-refractivity contribution in [1.82, 2.24) is 4.98 Å². The molecule has 0 radical (unpaired) electrons. The standard InChI is InChI=1S/C14H8INO3/c15-10-3-1-2-8(6-10)13(17)9-4-5-11-12(7-9)19-14(18)16-11/h1-7H,(H,16,18). The molecule has 0 saturated heterocycles. The Morgan fingerprint density at radius 1 is 1.11 bits per heavy atom. The van der Waals surface area contributed by atoms with Gasteiger partial charge in [-0.2, -0.15) is 0 Å². The highest BCUT2D eigenvalue weighted by molar-refractivity contribution is 14.1. The summed E-state index contributed by atoms with van der Waals surface area (Å²) in [6.07, 6.45) is 0. The summed E-state index contributed by atoms with van der Waals surface area (Å²) in [6.45, 7) is 0. The topological polar surface area (TPSA) is 63.1 Å². The molecule has 0 aliphatic heterocycles. The minimum Gasteiger partial charge on any atom is -0.408 e. The van der Waals surface area contributed by atoms with Crippen molar-refractivity contribution in [3.8, 4) is 0 Å². The van der Waals surface area contributed by atoms with Gasteiger partial charge in [-0.3, -0.25) is 9.78 Å². The van der Waals surface area contributed by atoms with Crippen LogP contribution in [0.5, 0.6) is 0 Å². The number of nitrogens with one attached hydrogen (secondary N) is 1. The lowest BCUT2D eigenvalue weighted by atomic mass is 10.0. The van der Waals surface area contributed by atoms with E-state index in [-0.39, 0.29) is 5.78 Å². The quantitative estimate of drug-likeness (QED) is 0.561. The van der Waals surface area contributed by atoms with Gasteiger partial charge in [0.25, 0.3) is 0 Å². The van der Waals surface area contributed by atoms with Crippen molar-refractivity contribution in [2.24, 2.45) is 0 Å². The first-order valence-electron chi connectivity index (χ1n) is 5.56. The first-order valence-corrected chi connectivity index (χ1v) is 6.64. The number of aromatic nitrogens is 1. The van der Waals surface area contributed by atoms with Gasteiger partial charge < -0.3 is 4.42 Å². The molecule has 19 heavy (non-hydrogen) atoms. The number of aromatic amines is 1. The van der Waals surface area contributed by atoms with Crippen LogP contribution in [0.4, 0.5) is 0 Å². The Morgan fingerprint density at radius 2 is 1.89 bits per heavy atom. The predicted molar refractivity (Wildman–Crippen MR) is 79.4 cm³/mol. The molecule has 0 amide bonds. The second-order valence-electron chi connectivity index (χ2n) is 4.06. The number of carbonyl (C=O) groups excluding carboxylic acids is 1. The second kappa shape index (κ2) is 4.65. The van der Waals surface area contributed by atoms with Gasteiger partial charge in [-0.05, 0) is 52.9 Å². The lowest BCUT2D eigenvalue weighted by Crippen LogP contribution is -2.01. The molecule has 2 aromatic carbocycles. The molecule has 94 valence electrons. The monoisotopic (exact) mass is 365 g/mol. The normalized spacial score (nSPS) is 10.8. The number of halogens is 1. The maximum absolute atomic E-state index is 12.3. The molecule has 1 N–H and O–H groups in total. The van der Waals surface area contributed by atoms with Crippen LogP contribution in [-0.2, 0) is 0 Å². The molecule has 0 aliphatic rings. The fraction of sp³-hybridized carbons (Fsp3) is 0. The third-order valence-electron chi connectivity index (χ3n) is 2.77. The van der Waals surface area contributed by atoms with Crippen LogP contribution in [-0.4, -0.2) is 10.8 Å². The van der Waals surface area contributed by atoms with Crippen molar-refractivity contribution in [3.05, 3.63) is 67.7 Å². The van der Waals surface area contributed by atoms with Gasteiger partial charge in [0.2, 0.25) is 0 Å². The molecule has 0 atom stereocenters. The number of fused-ring (bicyclic) bond motifs is 1. The van der Waals surface area contributed by atoms with Crippen LogP contribution in [0.3, 0.4) is 0 Å².